The van der Waals surface area contributed by atoms with Gasteiger partial charge in [-0.1, -0.05) is 15.9 Å². The lowest BCUT2D eigenvalue weighted by atomic mass is 9.91. The topological polar surface area (TPSA) is 27.7 Å². The molecule has 3 nitrogen and oxygen atoms in total. The van der Waals surface area contributed by atoms with E-state index in [1.165, 1.54) is 0 Å². The van der Waals surface area contributed by atoms with E-state index in [0.717, 1.165) is 32.5 Å². The predicted molar refractivity (Wildman–Crippen MR) is 56.8 cm³/mol. The van der Waals surface area contributed by atoms with Crippen LogP contribution in [0.4, 0.5) is 0 Å². The number of hydrogen-bond acceptors (Lipinski definition) is 3. The molecular weight excluding hydrogens is 248 g/mol. The molecule has 4 heteroatoms. The summed E-state index contributed by atoms with van der Waals surface area (Å²) in [7, 11) is 1.75. The summed E-state index contributed by atoms with van der Waals surface area (Å²) in [6.45, 7) is 1.68. The van der Waals surface area contributed by atoms with Crippen molar-refractivity contribution in [2.24, 2.45) is 0 Å². The van der Waals surface area contributed by atoms with Crippen LogP contribution in [-0.4, -0.2) is 43.5 Å². The molecule has 1 aliphatic carbocycles. The van der Waals surface area contributed by atoms with Gasteiger partial charge in [-0.2, -0.15) is 0 Å². The fourth-order valence-electron chi connectivity index (χ4n) is 2.02. The van der Waals surface area contributed by atoms with Crippen LogP contribution in [0.15, 0.2) is 0 Å². The quantitative estimate of drug-likeness (QED) is 0.727. The fourth-order valence-corrected chi connectivity index (χ4v) is 2.94. The van der Waals surface area contributed by atoms with Crippen LogP contribution >= 0.6 is 15.9 Å². The highest BCUT2D eigenvalue weighted by Gasteiger charge is 2.41. The standard InChI is InChI=1S/C10H17BrO3/c1-12-10-8(11)6-9(10)14-7-2-4-13-5-3-7/h7-10H,2-6H2,1H3. The van der Waals surface area contributed by atoms with Gasteiger partial charge in [-0.05, 0) is 19.3 Å². The molecule has 3 atom stereocenters. The highest BCUT2D eigenvalue weighted by Crippen LogP contribution is 2.34. The van der Waals surface area contributed by atoms with Crippen LogP contribution in [0.25, 0.3) is 0 Å². The Labute approximate surface area is 93.2 Å². The molecule has 1 heterocycles. The van der Waals surface area contributed by atoms with Crippen LogP contribution < -0.4 is 0 Å². The van der Waals surface area contributed by atoms with Gasteiger partial charge in [0.1, 0.15) is 0 Å². The van der Waals surface area contributed by atoms with Gasteiger partial charge in [-0.15, -0.1) is 0 Å². The van der Waals surface area contributed by atoms with Crippen LogP contribution in [-0.2, 0) is 14.2 Å². The second kappa shape index (κ2) is 4.92. The van der Waals surface area contributed by atoms with Crippen LogP contribution in [0.5, 0.6) is 0 Å². The number of halogens is 1. The van der Waals surface area contributed by atoms with E-state index in [1.807, 2.05) is 0 Å². The molecule has 0 radical (unpaired) electrons. The van der Waals surface area contributed by atoms with Crippen molar-refractivity contribution in [3.8, 4) is 0 Å². The van der Waals surface area contributed by atoms with E-state index in [0.29, 0.717) is 10.9 Å². The Kier molecular flexibility index (Phi) is 3.82. The molecule has 2 rings (SSSR count). The van der Waals surface area contributed by atoms with Crippen molar-refractivity contribution in [2.45, 2.75) is 42.4 Å². The summed E-state index contributed by atoms with van der Waals surface area (Å²) in [6, 6.07) is 0. The first-order chi connectivity index (χ1) is 6.81. The van der Waals surface area contributed by atoms with Gasteiger partial charge in [0, 0.05) is 25.2 Å². The van der Waals surface area contributed by atoms with Crippen molar-refractivity contribution in [3.05, 3.63) is 0 Å². The lowest BCUT2D eigenvalue weighted by Crippen LogP contribution is -2.51. The molecule has 0 aromatic heterocycles. The van der Waals surface area contributed by atoms with Crippen molar-refractivity contribution in [2.75, 3.05) is 20.3 Å². The third kappa shape index (κ3) is 2.30. The molecule has 3 unspecified atom stereocenters. The number of ether oxygens (including phenoxy) is 3. The van der Waals surface area contributed by atoms with Crippen molar-refractivity contribution < 1.29 is 14.2 Å². The SMILES string of the molecule is COC1C(Br)CC1OC1CCOCC1. The Hall–Kier alpha value is 0.360. The van der Waals surface area contributed by atoms with Gasteiger partial charge < -0.3 is 14.2 Å². The van der Waals surface area contributed by atoms with Crippen molar-refractivity contribution in [1.82, 2.24) is 0 Å². The predicted octanol–water partition coefficient (Wildman–Crippen LogP) is 1.73. The van der Waals surface area contributed by atoms with Gasteiger partial charge in [0.2, 0.25) is 0 Å². The van der Waals surface area contributed by atoms with Crippen molar-refractivity contribution in [1.29, 1.82) is 0 Å². The zero-order valence-electron chi connectivity index (χ0n) is 8.45. The summed E-state index contributed by atoms with van der Waals surface area (Å²) in [5, 5.41) is 0. The van der Waals surface area contributed by atoms with Crippen LogP contribution in [0.1, 0.15) is 19.3 Å². The zero-order chi connectivity index (χ0) is 9.97. The van der Waals surface area contributed by atoms with Gasteiger partial charge in [-0.3, -0.25) is 0 Å². The Morgan fingerprint density at radius 3 is 2.57 bits per heavy atom. The summed E-state index contributed by atoms with van der Waals surface area (Å²) in [5.74, 6) is 0. The maximum absolute atomic E-state index is 5.97. The molecule has 1 aliphatic heterocycles. The molecule has 1 saturated heterocycles. The normalized spacial score (nSPS) is 39.4. The Balaban J connectivity index is 1.74. The summed E-state index contributed by atoms with van der Waals surface area (Å²) >= 11 is 3.56. The first-order valence-electron chi connectivity index (χ1n) is 5.21. The van der Waals surface area contributed by atoms with Gasteiger partial charge >= 0.3 is 0 Å². The van der Waals surface area contributed by atoms with E-state index >= 15 is 0 Å². The second-order valence-electron chi connectivity index (χ2n) is 3.94. The minimum Gasteiger partial charge on any atom is -0.381 e. The zero-order valence-corrected chi connectivity index (χ0v) is 10.0. The fraction of sp³-hybridized carbons (Fsp3) is 1.00. The molecule has 2 aliphatic rings. The van der Waals surface area contributed by atoms with Crippen molar-refractivity contribution >= 4 is 15.9 Å². The van der Waals surface area contributed by atoms with E-state index < -0.39 is 0 Å². The van der Waals surface area contributed by atoms with Gasteiger partial charge in [0.05, 0.1) is 18.3 Å². The second-order valence-corrected chi connectivity index (χ2v) is 5.11. The van der Waals surface area contributed by atoms with Gasteiger partial charge in [0.25, 0.3) is 0 Å². The lowest BCUT2D eigenvalue weighted by molar-refractivity contribution is -0.151. The first kappa shape index (κ1) is 10.9. The average molecular weight is 265 g/mol. The maximum atomic E-state index is 5.97. The highest BCUT2D eigenvalue weighted by molar-refractivity contribution is 9.09. The molecule has 0 bridgehead atoms. The molecule has 0 spiro atoms. The Morgan fingerprint density at radius 2 is 2.00 bits per heavy atom. The van der Waals surface area contributed by atoms with Crippen molar-refractivity contribution in [3.63, 3.8) is 0 Å². The summed E-state index contributed by atoms with van der Waals surface area (Å²) in [4.78, 5) is 0.470. The van der Waals surface area contributed by atoms with Gasteiger partial charge in [0.15, 0.2) is 0 Å². The van der Waals surface area contributed by atoms with E-state index in [-0.39, 0.29) is 12.2 Å². The number of methoxy groups -OCH3 is 1. The summed E-state index contributed by atoms with van der Waals surface area (Å²) in [6.07, 6.45) is 4.02. The summed E-state index contributed by atoms with van der Waals surface area (Å²) < 4.78 is 16.6. The minimum absolute atomic E-state index is 0.234. The summed E-state index contributed by atoms with van der Waals surface area (Å²) in [5.41, 5.74) is 0. The van der Waals surface area contributed by atoms with Crippen LogP contribution in [0.3, 0.4) is 0 Å². The molecule has 14 heavy (non-hydrogen) atoms. The average Bonchev–Trinajstić information content (AvgIpc) is 2.19. The van der Waals surface area contributed by atoms with Crippen LogP contribution in [0, 0.1) is 0 Å². The molecule has 0 aromatic rings. The van der Waals surface area contributed by atoms with E-state index in [1.54, 1.807) is 7.11 Å². The number of alkyl halides is 1. The molecule has 0 amide bonds. The molecule has 0 N–H and O–H groups in total. The largest absolute Gasteiger partial charge is 0.381 e. The third-order valence-corrected chi connectivity index (χ3v) is 3.88. The first-order valence-corrected chi connectivity index (χ1v) is 6.13. The molecule has 1 saturated carbocycles. The molecule has 2 fully saturated rings. The maximum Gasteiger partial charge on any atom is 0.0958 e. The van der Waals surface area contributed by atoms with E-state index in [2.05, 4.69) is 15.9 Å². The van der Waals surface area contributed by atoms with Gasteiger partial charge in [-0.25, -0.2) is 0 Å². The smallest absolute Gasteiger partial charge is 0.0958 e. The molecular formula is C10H17BrO3. The third-order valence-electron chi connectivity index (χ3n) is 2.99. The Bertz CT molecular complexity index is 182. The highest BCUT2D eigenvalue weighted by atomic mass is 79.9. The van der Waals surface area contributed by atoms with Crippen LogP contribution in [0.2, 0.25) is 0 Å². The monoisotopic (exact) mass is 264 g/mol. The lowest BCUT2D eigenvalue weighted by Gasteiger charge is -2.42. The minimum atomic E-state index is 0.234. The molecule has 82 valence electrons. The van der Waals surface area contributed by atoms with E-state index in [4.69, 9.17) is 14.2 Å². The molecule has 0 aromatic carbocycles. The Morgan fingerprint density at radius 1 is 1.29 bits per heavy atom. The number of rotatable bonds is 3. The van der Waals surface area contributed by atoms with E-state index in [9.17, 15) is 0 Å². The number of hydrogen-bond donors (Lipinski definition) is 0.